The molecule has 0 spiro atoms. The second kappa shape index (κ2) is 8.30. The molecule has 1 nitrogen and oxygen atoms in total. The largest absolute Gasteiger partial charge is 0.384 e. The standard InChI is InChI=1S/C20H26OSi/c1-4-10-18(11-5-1)16-21-17-22(19-12-6-2-7-13-19)20-14-8-3-9-15-20/h2-3,6-9,12-15,18,22H,1,4-5,10-11,16-17H2. The first kappa shape index (κ1) is 15.5. The molecule has 0 saturated heterocycles. The van der Waals surface area contributed by atoms with E-state index in [1.807, 2.05) is 0 Å². The Morgan fingerprint density at radius 1 is 0.773 bits per heavy atom. The summed E-state index contributed by atoms with van der Waals surface area (Å²) in [5.41, 5.74) is 0. The predicted molar refractivity (Wildman–Crippen MR) is 96.7 cm³/mol. The van der Waals surface area contributed by atoms with Crippen LogP contribution >= 0.6 is 0 Å². The second-order valence-electron chi connectivity index (χ2n) is 6.42. The fourth-order valence-corrected chi connectivity index (χ4v) is 5.98. The fourth-order valence-electron chi connectivity index (χ4n) is 3.46. The van der Waals surface area contributed by atoms with Crippen molar-refractivity contribution in [3.63, 3.8) is 0 Å². The van der Waals surface area contributed by atoms with Gasteiger partial charge in [0.15, 0.2) is 0 Å². The Morgan fingerprint density at radius 2 is 1.32 bits per heavy atom. The van der Waals surface area contributed by atoms with E-state index in [1.165, 1.54) is 42.5 Å². The van der Waals surface area contributed by atoms with Crippen molar-refractivity contribution in [3.8, 4) is 0 Å². The van der Waals surface area contributed by atoms with Crippen LogP contribution in [0, 0.1) is 5.92 Å². The van der Waals surface area contributed by atoms with Gasteiger partial charge in [-0.3, -0.25) is 0 Å². The number of ether oxygens (including phenoxy) is 1. The normalized spacial score (nSPS) is 16.0. The summed E-state index contributed by atoms with van der Waals surface area (Å²) in [7, 11) is -1.24. The van der Waals surface area contributed by atoms with Crippen molar-refractivity contribution in [2.24, 2.45) is 5.92 Å². The van der Waals surface area contributed by atoms with Crippen LogP contribution in [0.5, 0.6) is 0 Å². The summed E-state index contributed by atoms with van der Waals surface area (Å²) in [6, 6.07) is 21.9. The highest BCUT2D eigenvalue weighted by Gasteiger charge is 2.18. The average molecular weight is 311 g/mol. The van der Waals surface area contributed by atoms with Crippen LogP contribution in [0.2, 0.25) is 0 Å². The fraction of sp³-hybridized carbons (Fsp3) is 0.400. The minimum absolute atomic E-state index is 0.801. The number of rotatable bonds is 6. The molecule has 1 aliphatic rings. The Hall–Kier alpha value is -1.38. The zero-order valence-corrected chi connectivity index (χ0v) is 14.4. The van der Waals surface area contributed by atoms with Crippen LogP contribution in [0.4, 0.5) is 0 Å². The molecule has 0 amide bonds. The summed E-state index contributed by atoms with van der Waals surface area (Å²) >= 11 is 0. The quantitative estimate of drug-likeness (QED) is 0.745. The molecule has 2 heteroatoms. The molecule has 0 atom stereocenters. The molecule has 1 aliphatic carbocycles. The SMILES string of the molecule is c1ccc([SiH](COCC2CCCCC2)c2ccccc2)cc1. The Labute approximate surface area is 135 Å². The molecule has 116 valence electrons. The lowest BCUT2D eigenvalue weighted by Gasteiger charge is -2.23. The Kier molecular flexibility index (Phi) is 5.85. The molecule has 2 aromatic carbocycles. The monoisotopic (exact) mass is 310 g/mol. The average Bonchev–Trinajstić information content (AvgIpc) is 2.61. The molecule has 1 saturated carbocycles. The molecule has 3 rings (SSSR count). The molecule has 0 radical (unpaired) electrons. The van der Waals surface area contributed by atoms with E-state index in [2.05, 4.69) is 60.7 Å². The summed E-state index contributed by atoms with van der Waals surface area (Å²) < 4.78 is 6.21. The van der Waals surface area contributed by atoms with E-state index < -0.39 is 8.80 Å². The van der Waals surface area contributed by atoms with Gasteiger partial charge in [0.2, 0.25) is 0 Å². The maximum Gasteiger partial charge on any atom is 0.130 e. The minimum atomic E-state index is -1.24. The van der Waals surface area contributed by atoms with Gasteiger partial charge in [-0.1, -0.05) is 90.3 Å². The van der Waals surface area contributed by atoms with Crippen molar-refractivity contribution in [1.29, 1.82) is 0 Å². The van der Waals surface area contributed by atoms with Crippen LogP contribution in [0.1, 0.15) is 32.1 Å². The molecule has 0 unspecified atom stereocenters. The van der Waals surface area contributed by atoms with Gasteiger partial charge in [0.1, 0.15) is 8.80 Å². The van der Waals surface area contributed by atoms with Crippen LogP contribution in [-0.2, 0) is 4.74 Å². The zero-order valence-electron chi connectivity index (χ0n) is 13.3. The first-order valence-corrected chi connectivity index (χ1v) is 10.6. The van der Waals surface area contributed by atoms with E-state index in [-0.39, 0.29) is 0 Å². The van der Waals surface area contributed by atoms with E-state index in [0.29, 0.717) is 0 Å². The van der Waals surface area contributed by atoms with Crippen molar-refractivity contribution in [2.75, 3.05) is 12.8 Å². The van der Waals surface area contributed by atoms with Gasteiger partial charge in [0, 0.05) is 12.8 Å². The smallest absolute Gasteiger partial charge is 0.130 e. The molecule has 22 heavy (non-hydrogen) atoms. The lowest BCUT2D eigenvalue weighted by Crippen LogP contribution is -2.46. The third-order valence-electron chi connectivity index (χ3n) is 4.77. The van der Waals surface area contributed by atoms with Crippen molar-refractivity contribution < 1.29 is 4.74 Å². The zero-order chi connectivity index (χ0) is 15.0. The molecular formula is C20H26OSi. The van der Waals surface area contributed by atoms with Gasteiger partial charge in [-0.2, -0.15) is 0 Å². The number of hydrogen-bond donors (Lipinski definition) is 0. The maximum atomic E-state index is 6.21. The highest BCUT2D eigenvalue weighted by Crippen LogP contribution is 2.23. The lowest BCUT2D eigenvalue weighted by atomic mass is 9.90. The summed E-state index contributed by atoms with van der Waals surface area (Å²) in [4.78, 5) is 0. The van der Waals surface area contributed by atoms with Gasteiger partial charge < -0.3 is 4.74 Å². The van der Waals surface area contributed by atoms with Gasteiger partial charge >= 0.3 is 0 Å². The van der Waals surface area contributed by atoms with Crippen molar-refractivity contribution in [2.45, 2.75) is 32.1 Å². The number of benzene rings is 2. The molecule has 0 N–H and O–H groups in total. The summed E-state index contributed by atoms with van der Waals surface area (Å²) in [6.07, 6.45) is 7.86. The van der Waals surface area contributed by atoms with Crippen LogP contribution in [-0.4, -0.2) is 21.6 Å². The molecule has 0 aliphatic heterocycles. The van der Waals surface area contributed by atoms with E-state index in [4.69, 9.17) is 4.74 Å². The summed E-state index contributed by atoms with van der Waals surface area (Å²) in [5.74, 6) is 0.801. The summed E-state index contributed by atoms with van der Waals surface area (Å²) in [5, 5.41) is 2.97. The van der Waals surface area contributed by atoms with Gasteiger partial charge in [-0.15, -0.1) is 0 Å². The second-order valence-corrected chi connectivity index (χ2v) is 9.19. The Balaban J connectivity index is 1.64. The molecule has 0 aromatic heterocycles. The highest BCUT2D eigenvalue weighted by molar-refractivity contribution is 6.85. The van der Waals surface area contributed by atoms with E-state index in [1.54, 1.807) is 0 Å². The maximum absolute atomic E-state index is 6.21. The van der Waals surface area contributed by atoms with E-state index >= 15 is 0 Å². The topological polar surface area (TPSA) is 9.23 Å². The van der Waals surface area contributed by atoms with Gasteiger partial charge in [0.25, 0.3) is 0 Å². The highest BCUT2D eigenvalue weighted by atomic mass is 28.3. The Morgan fingerprint density at radius 3 is 1.86 bits per heavy atom. The summed E-state index contributed by atoms with van der Waals surface area (Å²) in [6.45, 7) is 0.961. The van der Waals surface area contributed by atoms with Crippen molar-refractivity contribution >= 4 is 19.2 Å². The first-order valence-electron chi connectivity index (χ1n) is 8.61. The van der Waals surface area contributed by atoms with Crippen LogP contribution in [0.15, 0.2) is 60.7 Å². The minimum Gasteiger partial charge on any atom is -0.384 e. The van der Waals surface area contributed by atoms with Gasteiger partial charge in [-0.25, -0.2) is 0 Å². The van der Waals surface area contributed by atoms with Gasteiger partial charge in [-0.05, 0) is 18.8 Å². The van der Waals surface area contributed by atoms with Crippen molar-refractivity contribution in [3.05, 3.63) is 60.7 Å². The number of hydrogen-bond acceptors (Lipinski definition) is 1. The first-order chi connectivity index (χ1) is 10.9. The molecule has 0 heterocycles. The Bertz CT molecular complexity index is 495. The third-order valence-corrected chi connectivity index (χ3v) is 7.72. The third kappa shape index (κ3) is 4.31. The molecule has 0 bridgehead atoms. The molecular weight excluding hydrogens is 284 g/mol. The van der Waals surface area contributed by atoms with Crippen LogP contribution in [0.25, 0.3) is 0 Å². The lowest BCUT2D eigenvalue weighted by molar-refractivity contribution is 0.116. The van der Waals surface area contributed by atoms with E-state index in [0.717, 1.165) is 18.8 Å². The van der Waals surface area contributed by atoms with Crippen LogP contribution in [0.3, 0.4) is 0 Å². The van der Waals surface area contributed by atoms with Crippen molar-refractivity contribution in [1.82, 2.24) is 0 Å². The van der Waals surface area contributed by atoms with Gasteiger partial charge in [0.05, 0.1) is 0 Å². The predicted octanol–water partition coefficient (Wildman–Crippen LogP) is 3.16. The van der Waals surface area contributed by atoms with E-state index in [9.17, 15) is 0 Å². The molecule has 2 aromatic rings. The molecule has 1 fully saturated rings. The van der Waals surface area contributed by atoms with Crippen LogP contribution < -0.4 is 10.4 Å².